The molecule has 1 heterocycles. The van der Waals surface area contributed by atoms with Crippen LogP contribution in [0, 0.1) is 6.92 Å². The van der Waals surface area contributed by atoms with Gasteiger partial charge in [-0.15, -0.1) is 0 Å². The molecule has 3 rings (SSSR count). The first-order chi connectivity index (χ1) is 13.5. The molecule has 0 saturated carbocycles. The summed E-state index contributed by atoms with van der Waals surface area (Å²) in [6, 6.07) is 16.6. The molecule has 0 aliphatic rings. The minimum absolute atomic E-state index is 0.252. The number of nitrogens with zero attached hydrogens (tertiary/aromatic N) is 2. The predicted octanol–water partition coefficient (Wildman–Crippen LogP) is 4.39. The van der Waals surface area contributed by atoms with Gasteiger partial charge in [0.15, 0.2) is 0 Å². The van der Waals surface area contributed by atoms with Crippen molar-refractivity contribution in [3.05, 3.63) is 70.9 Å². The average Bonchev–Trinajstić information content (AvgIpc) is 3.06. The highest BCUT2D eigenvalue weighted by Gasteiger charge is 2.17. The van der Waals surface area contributed by atoms with Gasteiger partial charge in [-0.1, -0.05) is 23.7 Å². The van der Waals surface area contributed by atoms with Gasteiger partial charge >= 0.3 is 0 Å². The third-order valence-electron chi connectivity index (χ3n) is 4.16. The van der Waals surface area contributed by atoms with Crippen molar-refractivity contribution in [2.75, 3.05) is 12.4 Å². The van der Waals surface area contributed by atoms with Crippen LogP contribution >= 0.6 is 11.6 Å². The Morgan fingerprint density at radius 3 is 2.68 bits per heavy atom. The van der Waals surface area contributed by atoms with Crippen molar-refractivity contribution in [3.63, 3.8) is 0 Å². The highest BCUT2D eigenvalue weighted by Crippen LogP contribution is 2.20. The summed E-state index contributed by atoms with van der Waals surface area (Å²) in [5.41, 5.74) is 2.52. The number of amides is 1. The first kappa shape index (κ1) is 19.9. The zero-order valence-electron chi connectivity index (χ0n) is 16.0. The fourth-order valence-corrected chi connectivity index (χ4v) is 2.78. The van der Waals surface area contributed by atoms with Crippen LogP contribution in [0.4, 0.5) is 5.82 Å². The van der Waals surface area contributed by atoms with E-state index in [1.807, 2.05) is 43.3 Å². The third kappa shape index (κ3) is 4.91. The smallest absolute Gasteiger partial charge is 0.254 e. The number of rotatable bonds is 7. The summed E-state index contributed by atoms with van der Waals surface area (Å²) in [5.74, 6) is 1.07. The van der Waals surface area contributed by atoms with Gasteiger partial charge in [-0.25, -0.2) is 4.68 Å². The van der Waals surface area contributed by atoms with Crippen LogP contribution in [-0.4, -0.2) is 28.9 Å². The summed E-state index contributed by atoms with van der Waals surface area (Å²) in [6.07, 6.45) is -0.639. The Balaban J connectivity index is 1.66. The Bertz CT molecular complexity index is 954. The standard InChI is InChI=1S/C21H22ClN3O3/c1-14-11-20(25(24-14)18-9-7-17(22)8-10-18)23-21(26)15(2)28-13-16-5-4-6-19(12-16)27-3/h4-12,15H,13H2,1-3H3,(H,23,26). The monoisotopic (exact) mass is 399 g/mol. The van der Waals surface area contributed by atoms with Crippen molar-refractivity contribution < 1.29 is 14.3 Å². The summed E-state index contributed by atoms with van der Waals surface area (Å²) in [4.78, 5) is 12.6. The molecule has 0 saturated heterocycles. The average molecular weight is 400 g/mol. The molecule has 1 N–H and O–H groups in total. The van der Waals surface area contributed by atoms with Crippen molar-refractivity contribution >= 4 is 23.3 Å². The molecule has 2 aromatic carbocycles. The number of anilines is 1. The van der Waals surface area contributed by atoms with E-state index in [4.69, 9.17) is 21.1 Å². The van der Waals surface area contributed by atoms with E-state index in [9.17, 15) is 4.79 Å². The number of aromatic nitrogens is 2. The maximum atomic E-state index is 12.6. The summed E-state index contributed by atoms with van der Waals surface area (Å²) in [5, 5.41) is 7.96. The lowest BCUT2D eigenvalue weighted by molar-refractivity contribution is -0.127. The number of ether oxygens (including phenoxy) is 2. The molecule has 1 atom stereocenters. The minimum atomic E-state index is -0.639. The van der Waals surface area contributed by atoms with E-state index in [1.54, 1.807) is 36.9 Å². The SMILES string of the molecule is COc1cccc(COC(C)C(=O)Nc2cc(C)nn2-c2ccc(Cl)cc2)c1. The number of halogens is 1. The van der Waals surface area contributed by atoms with Crippen LogP contribution in [0.15, 0.2) is 54.6 Å². The van der Waals surface area contributed by atoms with E-state index in [1.165, 1.54) is 0 Å². The Kier molecular flexibility index (Phi) is 6.34. The number of carbonyl (C=O) groups is 1. The third-order valence-corrected chi connectivity index (χ3v) is 4.41. The fourth-order valence-electron chi connectivity index (χ4n) is 2.65. The molecule has 1 aromatic heterocycles. The predicted molar refractivity (Wildman–Crippen MR) is 109 cm³/mol. The van der Waals surface area contributed by atoms with E-state index < -0.39 is 6.10 Å². The lowest BCUT2D eigenvalue weighted by Gasteiger charge is -2.15. The van der Waals surface area contributed by atoms with E-state index in [0.717, 1.165) is 22.7 Å². The second kappa shape index (κ2) is 8.91. The summed E-state index contributed by atoms with van der Waals surface area (Å²) < 4.78 is 12.6. The van der Waals surface area contributed by atoms with Gasteiger partial charge in [-0.3, -0.25) is 4.79 Å². The quantitative estimate of drug-likeness (QED) is 0.640. The van der Waals surface area contributed by atoms with Gasteiger partial charge in [0.1, 0.15) is 17.7 Å². The molecule has 0 bridgehead atoms. The number of methoxy groups -OCH3 is 1. The topological polar surface area (TPSA) is 65.4 Å². The van der Waals surface area contributed by atoms with Gasteiger partial charge in [-0.2, -0.15) is 5.10 Å². The van der Waals surface area contributed by atoms with Crippen LogP contribution in [0.1, 0.15) is 18.2 Å². The molecule has 6 nitrogen and oxygen atoms in total. The summed E-state index contributed by atoms with van der Waals surface area (Å²) in [6.45, 7) is 3.89. The van der Waals surface area contributed by atoms with Gasteiger partial charge in [0.2, 0.25) is 0 Å². The second-order valence-electron chi connectivity index (χ2n) is 6.35. The molecule has 0 spiro atoms. The highest BCUT2D eigenvalue weighted by molar-refractivity contribution is 6.30. The molecule has 0 fully saturated rings. The largest absolute Gasteiger partial charge is 0.497 e. The molecule has 28 heavy (non-hydrogen) atoms. The normalized spacial score (nSPS) is 11.9. The van der Waals surface area contributed by atoms with E-state index in [2.05, 4.69) is 10.4 Å². The van der Waals surface area contributed by atoms with Crippen LogP contribution in [0.5, 0.6) is 5.75 Å². The first-order valence-electron chi connectivity index (χ1n) is 8.84. The van der Waals surface area contributed by atoms with Crippen molar-refractivity contribution in [2.45, 2.75) is 26.6 Å². The molecular weight excluding hydrogens is 378 g/mol. The number of carbonyl (C=O) groups excluding carboxylic acids is 1. The number of benzene rings is 2. The van der Waals surface area contributed by atoms with Crippen molar-refractivity contribution in [1.82, 2.24) is 9.78 Å². The van der Waals surface area contributed by atoms with Gasteiger partial charge in [0.05, 0.1) is 25.1 Å². The zero-order chi connectivity index (χ0) is 20.1. The first-order valence-corrected chi connectivity index (χ1v) is 9.22. The van der Waals surface area contributed by atoms with Crippen molar-refractivity contribution in [2.24, 2.45) is 0 Å². The molecule has 3 aromatic rings. The van der Waals surface area contributed by atoms with Crippen molar-refractivity contribution in [3.8, 4) is 11.4 Å². The molecule has 0 radical (unpaired) electrons. The van der Waals surface area contributed by atoms with Crippen LogP contribution in [0.3, 0.4) is 0 Å². The van der Waals surface area contributed by atoms with Gasteiger partial charge in [0, 0.05) is 11.1 Å². The molecule has 0 aliphatic carbocycles. The lowest BCUT2D eigenvalue weighted by Crippen LogP contribution is -2.28. The molecule has 146 valence electrons. The maximum Gasteiger partial charge on any atom is 0.254 e. The Labute approximate surface area is 169 Å². The van der Waals surface area contributed by atoms with Gasteiger partial charge in [0.25, 0.3) is 5.91 Å². The van der Waals surface area contributed by atoms with Crippen molar-refractivity contribution in [1.29, 1.82) is 0 Å². The summed E-state index contributed by atoms with van der Waals surface area (Å²) >= 11 is 5.95. The molecule has 1 amide bonds. The van der Waals surface area contributed by atoms with E-state index in [-0.39, 0.29) is 5.91 Å². The van der Waals surface area contributed by atoms with E-state index in [0.29, 0.717) is 17.4 Å². The number of hydrogen-bond acceptors (Lipinski definition) is 4. The highest BCUT2D eigenvalue weighted by atomic mass is 35.5. The zero-order valence-corrected chi connectivity index (χ0v) is 16.7. The van der Waals surface area contributed by atoms with Crippen LogP contribution in [0.25, 0.3) is 5.69 Å². The maximum absolute atomic E-state index is 12.6. The van der Waals surface area contributed by atoms with Crippen LogP contribution in [-0.2, 0) is 16.1 Å². The van der Waals surface area contributed by atoms with E-state index >= 15 is 0 Å². The number of nitrogens with one attached hydrogen (secondary N) is 1. The number of hydrogen-bond donors (Lipinski definition) is 1. The second-order valence-corrected chi connectivity index (χ2v) is 6.79. The van der Waals surface area contributed by atoms with Crippen LogP contribution in [0.2, 0.25) is 5.02 Å². The Morgan fingerprint density at radius 2 is 1.96 bits per heavy atom. The Hall–Kier alpha value is -2.83. The number of aryl methyl sites for hydroxylation is 1. The fraction of sp³-hybridized carbons (Fsp3) is 0.238. The Morgan fingerprint density at radius 1 is 1.21 bits per heavy atom. The lowest BCUT2D eigenvalue weighted by atomic mass is 10.2. The van der Waals surface area contributed by atoms with Gasteiger partial charge < -0.3 is 14.8 Å². The summed E-state index contributed by atoms with van der Waals surface area (Å²) in [7, 11) is 1.61. The molecule has 1 unspecified atom stereocenters. The van der Waals surface area contributed by atoms with Crippen LogP contribution < -0.4 is 10.1 Å². The molecule has 0 aliphatic heterocycles. The van der Waals surface area contributed by atoms with Gasteiger partial charge in [-0.05, 0) is 55.8 Å². The minimum Gasteiger partial charge on any atom is -0.497 e. The molecular formula is C21H22ClN3O3. The molecule has 7 heteroatoms.